The van der Waals surface area contributed by atoms with Crippen LogP contribution >= 0.6 is 0 Å². The molecule has 4 rings (SSSR count). The summed E-state index contributed by atoms with van der Waals surface area (Å²) in [6.07, 6.45) is 6.65. The van der Waals surface area contributed by atoms with E-state index in [4.69, 9.17) is 5.21 Å². The van der Waals surface area contributed by atoms with Crippen molar-refractivity contribution in [1.29, 1.82) is 0 Å². The molecule has 7 nitrogen and oxygen atoms in total. The first-order chi connectivity index (χ1) is 14.1. The molecule has 0 saturated heterocycles. The van der Waals surface area contributed by atoms with Crippen molar-refractivity contribution >= 4 is 34.9 Å². The lowest BCUT2D eigenvalue weighted by Crippen LogP contribution is -2.34. The van der Waals surface area contributed by atoms with Crippen molar-refractivity contribution in [3.63, 3.8) is 0 Å². The number of nitrogens with zero attached hydrogens (tertiary/aromatic N) is 2. The van der Waals surface area contributed by atoms with Crippen molar-refractivity contribution in [2.45, 2.75) is 13.0 Å². The molecule has 0 radical (unpaired) electrons. The maximum absolute atomic E-state index is 12.6. The van der Waals surface area contributed by atoms with E-state index >= 15 is 0 Å². The number of aromatic amines is 1. The second-order valence-corrected chi connectivity index (χ2v) is 6.77. The van der Waals surface area contributed by atoms with Crippen molar-refractivity contribution in [1.82, 2.24) is 20.3 Å². The zero-order valence-electron chi connectivity index (χ0n) is 15.6. The topological polar surface area (TPSA) is 98.3 Å². The molecule has 2 aromatic heterocycles. The number of nitrogens with one attached hydrogen (secondary N) is 2. The minimum absolute atomic E-state index is 0.0725. The van der Waals surface area contributed by atoms with Crippen LogP contribution in [0.15, 0.2) is 54.6 Å². The van der Waals surface area contributed by atoms with E-state index in [0.717, 1.165) is 17.6 Å². The fraction of sp³-hybridized carbons (Fsp3) is 0.136. The Kier molecular flexibility index (Phi) is 5.22. The third-order valence-electron chi connectivity index (χ3n) is 4.90. The molecule has 3 heterocycles. The van der Waals surface area contributed by atoms with E-state index in [0.29, 0.717) is 24.5 Å². The monoisotopic (exact) mass is 388 g/mol. The number of carbonyl (C=O) groups is 2. The first-order valence-electron chi connectivity index (χ1n) is 9.28. The molecule has 7 heteroatoms. The Hall–Kier alpha value is -3.71. The Labute approximate surface area is 167 Å². The summed E-state index contributed by atoms with van der Waals surface area (Å²) >= 11 is 0. The quantitative estimate of drug-likeness (QED) is 0.364. The standard InChI is InChI=1S/C22H20N4O3/c27-21(25-29)10-8-15-4-3-5-16(23-15)9-11-22(28)26-13-12-18-17-6-1-2-7-19(17)24-20(18)14-26/h1-11,24,29H,12-14H2,(H,25,27)/b10-8+,11-9+. The first-order valence-corrected chi connectivity index (χ1v) is 9.28. The number of carbonyl (C=O) groups excluding carboxylic acids is 2. The highest BCUT2D eigenvalue weighted by Crippen LogP contribution is 2.27. The molecule has 0 aliphatic carbocycles. The molecule has 0 bridgehead atoms. The Bertz CT molecular complexity index is 1130. The third-order valence-corrected chi connectivity index (χ3v) is 4.90. The number of para-hydroxylation sites is 1. The van der Waals surface area contributed by atoms with Crippen LogP contribution in [0, 0.1) is 0 Å². The minimum Gasteiger partial charge on any atom is -0.357 e. The van der Waals surface area contributed by atoms with Gasteiger partial charge in [0.25, 0.3) is 5.91 Å². The number of hydrogen-bond donors (Lipinski definition) is 3. The third kappa shape index (κ3) is 4.09. The molecule has 0 unspecified atom stereocenters. The molecule has 3 N–H and O–H groups in total. The molecular formula is C22H20N4O3. The van der Waals surface area contributed by atoms with Crippen LogP contribution in [0.2, 0.25) is 0 Å². The Morgan fingerprint density at radius 1 is 1.07 bits per heavy atom. The predicted octanol–water partition coefficient (Wildman–Crippen LogP) is 2.68. The maximum atomic E-state index is 12.6. The highest BCUT2D eigenvalue weighted by molar-refractivity contribution is 5.93. The van der Waals surface area contributed by atoms with Gasteiger partial charge in [0.15, 0.2) is 0 Å². The molecule has 0 saturated carbocycles. The van der Waals surface area contributed by atoms with Gasteiger partial charge >= 0.3 is 0 Å². The van der Waals surface area contributed by atoms with Crippen LogP contribution in [-0.2, 0) is 22.6 Å². The van der Waals surface area contributed by atoms with Crippen LogP contribution < -0.4 is 5.48 Å². The van der Waals surface area contributed by atoms with Crippen LogP contribution in [0.25, 0.3) is 23.1 Å². The average molecular weight is 388 g/mol. The van der Waals surface area contributed by atoms with Gasteiger partial charge in [0.05, 0.1) is 17.9 Å². The van der Waals surface area contributed by atoms with E-state index in [2.05, 4.69) is 22.1 Å². The van der Waals surface area contributed by atoms with E-state index in [-0.39, 0.29) is 5.91 Å². The number of fused-ring (bicyclic) bond motifs is 3. The summed E-state index contributed by atoms with van der Waals surface area (Å²) in [6, 6.07) is 13.5. The zero-order valence-corrected chi connectivity index (χ0v) is 15.6. The number of amides is 2. The lowest BCUT2D eigenvalue weighted by Gasteiger charge is -2.26. The van der Waals surface area contributed by atoms with Gasteiger partial charge in [0.2, 0.25) is 5.91 Å². The number of hydroxylamine groups is 1. The van der Waals surface area contributed by atoms with E-state index < -0.39 is 5.91 Å². The van der Waals surface area contributed by atoms with Crippen molar-refractivity contribution in [2.24, 2.45) is 0 Å². The summed E-state index contributed by atoms with van der Waals surface area (Å²) in [5.41, 5.74) is 6.16. The highest BCUT2D eigenvalue weighted by Gasteiger charge is 2.22. The lowest BCUT2D eigenvalue weighted by molar-refractivity contribution is -0.127. The Morgan fingerprint density at radius 3 is 2.62 bits per heavy atom. The van der Waals surface area contributed by atoms with Crippen molar-refractivity contribution in [3.8, 4) is 0 Å². The molecule has 1 aliphatic heterocycles. The second kappa shape index (κ2) is 8.12. The number of hydrogen-bond acceptors (Lipinski definition) is 4. The van der Waals surface area contributed by atoms with Crippen LogP contribution in [-0.4, -0.2) is 38.4 Å². The van der Waals surface area contributed by atoms with Gasteiger partial charge in [-0.2, -0.15) is 0 Å². The Morgan fingerprint density at radius 2 is 1.83 bits per heavy atom. The molecule has 3 aromatic rings. The molecule has 1 aliphatic rings. The second-order valence-electron chi connectivity index (χ2n) is 6.77. The molecule has 1 aromatic carbocycles. The van der Waals surface area contributed by atoms with Gasteiger partial charge < -0.3 is 9.88 Å². The smallest absolute Gasteiger partial charge is 0.267 e. The van der Waals surface area contributed by atoms with Crippen molar-refractivity contribution in [3.05, 3.63) is 77.3 Å². The van der Waals surface area contributed by atoms with Gasteiger partial charge in [-0.05, 0) is 42.3 Å². The molecule has 0 spiro atoms. The van der Waals surface area contributed by atoms with E-state index in [1.54, 1.807) is 24.3 Å². The fourth-order valence-electron chi connectivity index (χ4n) is 3.50. The maximum Gasteiger partial charge on any atom is 0.267 e. The SMILES string of the molecule is O=C(/C=C/c1cccc(/C=C/C(=O)N2CCc3c([nH]c4ccccc34)C2)n1)NO. The van der Waals surface area contributed by atoms with Gasteiger partial charge in [-0.15, -0.1) is 0 Å². The normalized spacial score (nSPS) is 13.9. The van der Waals surface area contributed by atoms with Crippen molar-refractivity contribution in [2.75, 3.05) is 6.54 Å². The minimum atomic E-state index is -0.635. The molecule has 146 valence electrons. The summed E-state index contributed by atoms with van der Waals surface area (Å²) in [4.78, 5) is 33.3. The summed E-state index contributed by atoms with van der Waals surface area (Å²) < 4.78 is 0. The van der Waals surface area contributed by atoms with Gasteiger partial charge in [0, 0.05) is 35.3 Å². The number of benzene rings is 1. The van der Waals surface area contributed by atoms with Crippen molar-refractivity contribution < 1.29 is 14.8 Å². The van der Waals surface area contributed by atoms with E-state index in [9.17, 15) is 9.59 Å². The van der Waals surface area contributed by atoms with Crippen LogP contribution in [0.1, 0.15) is 22.6 Å². The number of pyridine rings is 1. The fourth-order valence-corrected chi connectivity index (χ4v) is 3.50. The van der Waals surface area contributed by atoms with Gasteiger partial charge in [-0.1, -0.05) is 24.3 Å². The Balaban J connectivity index is 1.45. The lowest BCUT2D eigenvalue weighted by atomic mass is 10.0. The van der Waals surface area contributed by atoms with Gasteiger partial charge in [-0.3, -0.25) is 14.8 Å². The average Bonchev–Trinajstić information content (AvgIpc) is 3.14. The summed E-state index contributed by atoms with van der Waals surface area (Å²) in [7, 11) is 0. The number of H-pyrrole nitrogens is 1. The first kappa shape index (κ1) is 18.6. The van der Waals surface area contributed by atoms with Crippen LogP contribution in [0.3, 0.4) is 0 Å². The predicted molar refractivity (Wildman–Crippen MR) is 110 cm³/mol. The largest absolute Gasteiger partial charge is 0.357 e. The molecular weight excluding hydrogens is 368 g/mol. The number of aromatic nitrogens is 2. The van der Waals surface area contributed by atoms with Crippen LogP contribution in [0.5, 0.6) is 0 Å². The van der Waals surface area contributed by atoms with Crippen LogP contribution in [0.4, 0.5) is 0 Å². The van der Waals surface area contributed by atoms with Gasteiger partial charge in [-0.25, -0.2) is 10.5 Å². The summed E-state index contributed by atoms with van der Waals surface area (Å²) in [5.74, 6) is -0.707. The molecule has 0 fully saturated rings. The summed E-state index contributed by atoms with van der Waals surface area (Å²) in [5, 5.41) is 9.74. The summed E-state index contributed by atoms with van der Waals surface area (Å²) in [6.45, 7) is 1.23. The van der Waals surface area contributed by atoms with E-state index in [1.807, 2.05) is 17.0 Å². The molecule has 0 atom stereocenters. The van der Waals surface area contributed by atoms with Gasteiger partial charge in [0.1, 0.15) is 0 Å². The van der Waals surface area contributed by atoms with E-state index in [1.165, 1.54) is 34.7 Å². The highest BCUT2D eigenvalue weighted by atomic mass is 16.5. The molecule has 29 heavy (non-hydrogen) atoms. The zero-order chi connectivity index (χ0) is 20.2. The number of rotatable bonds is 4. The molecule has 2 amide bonds.